The van der Waals surface area contributed by atoms with E-state index in [4.69, 9.17) is 10.3 Å². The summed E-state index contributed by atoms with van der Waals surface area (Å²) in [6, 6.07) is 0.729. The highest BCUT2D eigenvalue weighted by Gasteiger charge is 2.48. The molecule has 2 N–H and O–H groups in total. The standard InChI is InChI=1S/C10H15N3O/c1-10(2)8-7(9(11)12-14-8)5-13(10)6-3-4-6/h6H,3-5H2,1-2H3,(H2,11,12). The SMILES string of the molecule is CC1(C)c2onc(N)c2CN1C1CC1. The van der Waals surface area contributed by atoms with Crippen LogP contribution in [0.2, 0.25) is 0 Å². The van der Waals surface area contributed by atoms with E-state index in [9.17, 15) is 0 Å². The van der Waals surface area contributed by atoms with Gasteiger partial charge in [-0.05, 0) is 26.7 Å². The van der Waals surface area contributed by atoms with E-state index in [0.717, 1.165) is 23.9 Å². The van der Waals surface area contributed by atoms with Crippen LogP contribution in [0.25, 0.3) is 0 Å². The fourth-order valence-electron chi connectivity index (χ4n) is 2.43. The fourth-order valence-corrected chi connectivity index (χ4v) is 2.43. The minimum absolute atomic E-state index is 0.0267. The first-order valence-electron chi connectivity index (χ1n) is 5.12. The second-order valence-corrected chi connectivity index (χ2v) is 4.79. The molecule has 14 heavy (non-hydrogen) atoms. The van der Waals surface area contributed by atoms with Crippen molar-refractivity contribution in [3.8, 4) is 0 Å². The zero-order chi connectivity index (χ0) is 9.92. The lowest BCUT2D eigenvalue weighted by Gasteiger charge is -2.30. The molecule has 0 aromatic carbocycles. The number of rotatable bonds is 1. The first-order valence-corrected chi connectivity index (χ1v) is 5.12. The van der Waals surface area contributed by atoms with Crippen LogP contribution in [0, 0.1) is 0 Å². The van der Waals surface area contributed by atoms with Crippen molar-refractivity contribution >= 4 is 5.82 Å². The molecule has 0 atom stereocenters. The summed E-state index contributed by atoms with van der Waals surface area (Å²) in [6.07, 6.45) is 2.61. The average Bonchev–Trinajstić information content (AvgIpc) is 2.82. The summed E-state index contributed by atoms with van der Waals surface area (Å²) >= 11 is 0. The van der Waals surface area contributed by atoms with Gasteiger partial charge in [0.1, 0.15) is 0 Å². The van der Waals surface area contributed by atoms with Crippen LogP contribution in [0.5, 0.6) is 0 Å². The molecule has 4 nitrogen and oxygen atoms in total. The molecule has 0 saturated heterocycles. The lowest BCUT2D eigenvalue weighted by Crippen LogP contribution is -2.37. The average molecular weight is 193 g/mol. The van der Waals surface area contributed by atoms with Gasteiger partial charge < -0.3 is 10.3 Å². The Bertz CT molecular complexity index is 379. The molecule has 4 heteroatoms. The van der Waals surface area contributed by atoms with Gasteiger partial charge in [0.25, 0.3) is 0 Å². The molecular weight excluding hydrogens is 178 g/mol. The van der Waals surface area contributed by atoms with E-state index in [1.807, 2.05) is 0 Å². The molecule has 2 aliphatic rings. The summed E-state index contributed by atoms with van der Waals surface area (Å²) in [4.78, 5) is 2.47. The minimum Gasteiger partial charge on any atom is -0.381 e. The Kier molecular flexibility index (Phi) is 1.37. The van der Waals surface area contributed by atoms with Crippen molar-refractivity contribution in [1.29, 1.82) is 0 Å². The van der Waals surface area contributed by atoms with Crippen LogP contribution in [-0.4, -0.2) is 16.1 Å². The van der Waals surface area contributed by atoms with Crippen molar-refractivity contribution in [2.45, 2.75) is 44.8 Å². The first-order chi connectivity index (χ1) is 6.60. The third kappa shape index (κ3) is 0.892. The normalized spacial score (nSPS) is 25.3. The van der Waals surface area contributed by atoms with E-state index in [-0.39, 0.29) is 5.54 Å². The summed E-state index contributed by atoms with van der Waals surface area (Å²) in [5, 5.41) is 3.82. The molecule has 0 unspecified atom stereocenters. The van der Waals surface area contributed by atoms with Gasteiger partial charge >= 0.3 is 0 Å². The highest BCUT2D eigenvalue weighted by molar-refractivity contribution is 5.45. The molecule has 1 saturated carbocycles. The van der Waals surface area contributed by atoms with Crippen molar-refractivity contribution in [3.63, 3.8) is 0 Å². The van der Waals surface area contributed by atoms with Crippen molar-refractivity contribution in [1.82, 2.24) is 10.1 Å². The Labute approximate surface area is 83.0 Å². The number of hydrogen-bond acceptors (Lipinski definition) is 4. The fraction of sp³-hybridized carbons (Fsp3) is 0.700. The number of nitrogens with two attached hydrogens (primary N) is 1. The number of hydrogen-bond donors (Lipinski definition) is 1. The molecule has 0 bridgehead atoms. The Hall–Kier alpha value is -1.03. The lowest BCUT2D eigenvalue weighted by molar-refractivity contribution is 0.101. The summed E-state index contributed by atoms with van der Waals surface area (Å²) in [5.74, 6) is 1.53. The van der Waals surface area contributed by atoms with Crippen molar-refractivity contribution < 1.29 is 4.52 Å². The summed E-state index contributed by atoms with van der Waals surface area (Å²) in [5.41, 5.74) is 6.84. The Morgan fingerprint density at radius 2 is 2.21 bits per heavy atom. The van der Waals surface area contributed by atoms with Crippen LogP contribution in [0.15, 0.2) is 4.52 Å². The zero-order valence-electron chi connectivity index (χ0n) is 8.58. The van der Waals surface area contributed by atoms with E-state index in [2.05, 4.69) is 23.9 Å². The maximum atomic E-state index is 5.76. The van der Waals surface area contributed by atoms with Crippen molar-refractivity contribution in [2.75, 3.05) is 5.73 Å². The van der Waals surface area contributed by atoms with Crippen LogP contribution >= 0.6 is 0 Å². The van der Waals surface area contributed by atoms with E-state index in [1.54, 1.807) is 0 Å². The van der Waals surface area contributed by atoms with Gasteiger partial charge in [0.2, 0.25) is 0 Å². The molecule has 1 aliphatic heterocycles. The van der Waals surface area contributed by atoms with E-state index < -0.39 is 0 Å². The van der Waals surface area contributed by atoms with Crippen LogP contribution < -0.4 is 5.73 Å². The summed E-state index contributed by atoms with van der Waals surface area (Å²) in [6.45, 7) is 5.27. The van der Waals surface area contributed by atoms with Gasteiger partial charge in [0, 0.05) is 12.6 Å². The molecule has 0 amide bonds. The number of fused-ring (bicyclic) bond motifs is 1. The van der Waals surface area contributed by atoms with Crippen molar-refractivity contribution in [2.24, 2.45) is 0 Å². The van der Waals surface area contributed by atoms with Gasteiger partial charge in [-0.3, -0.25) is 4.90 Å². The van der Waals surface area contributed by atoms with E-state index in [1.165, 1.54) is 12.8 Å². The first kappa shape index (κ1) is 8.29. The lowest BCUT2D eigenvalue weighted by atomic mass is 10.0. The van der Waals surface area contributed by atoms with Gasteiger partial charge in [-0.1, -0.05) is 5.16 Å². The van der Waals surface area contributed by atoms with Gasteiger partial charge in [-0.25, -0.2) is 0 Å². The molecule has 1 aliphatic carbocycles. The molecule has 1 aromatic heterocycles. The Morgan fingerprint density at radius 1 is 1.50 bits per heavy atom. The highest BCUT2D eigenvalue weighted by Crippen LogP contribution is 2.46. The second-order valence-electron chi connectivity index (χ2n) is 4.79. The highest BCUT2D eigenvalue weighted by atomic mass is 16.5. The maximum absolute atomic E-state index is 5.76. The van der Waals surface area contributed by atoms with Crippen LogP contribution in [0.1, 0.15) is 38.0 Å². The van der Waals surface area contributed by atoms with Crippen LogP contribution in [-0.2, 0) is 12.1 Å². The van der Waals surface area contributed by atoms with Crippen molar-refractivity contribution in [3.05, 3.63) is 11.3 Å². The number of aromatic nitrogens is 1. The summed E-state index contributed by atoms with van der Waals surface area (Å²) < 4.78 is 5.31. The molecule has 0 spiro atoms. The largest absolute Gasteiger partial charge is 0.381 e. The van der Waals surface area contributed by atoms with E-state index in [0.29, 0.717) is 5.82 Å². The van der Waals surface area contributed by atoms with Crippen LogP contribution in [0.3, 0.4) is 0 Å². The topological polar surface area (TPSA) is 55.3 Å². The number of nitrogens with zero attached hydrogens (tertiary/aromatic N) is 2. The maximum Gasteiger partial charge on any atom is 0.171 e. The second kappa shape index (κ2) is 2.31. The third-order valence-electron chi connectivity index (χ3n) is 3.41. The zero-order valence-corrected chi connectivity index (χ0v) is 8.58. The smallest absolute Gasteiger partial charge is 0.171 e. The molecular formula is C10H15N3O. The Morgan fingerprint density at radius 3 is 2.79 bits per heavy atom. The molecule has 1 fully saturated rings. The summed E-state index contributed by atoms with van der Waals surface area (Å²) in [7, 11) is 0. The van der Waals surface area contributed by atoms with Crippen LogP contribution in [0.4, 0.5) is 5.82 Å². The van der Waals surface area contributed by atoms with Gasteiger partial charge in [0.15, 0.2) is 11.6 Å². The molecule has 3 rings (SSSR count). The quantitative estimate of drug-likeness (QED) is 0.733. The predicted molar refractivity (Wildman–Crippen MR) is 52.5 cm³/mol. The number of anilines is 1. The van der Waals surface area contributed by atoms with Gasteiger partial charge in [0.05, 0.1) is 11.1 Å². The minimum atomic E-state index is -0.0267. The molecule has 76 valence electrons. The van der Waals surface area contributed by atoms with Gasteiger partial charge in [-0.15, -0.1) is 0 Å². The molecule has 0 radical (unpaired) electrons. The Balaban J connectivity index is 2.05. The molecule has 2 heterocycles. The molecule has 1 aromatic rings. The monoisotopic (exact) mass is 193 g/mol. The van der Waals surface area contributed by atoms with Gasteiger partial charge in [-0.2, -0.15) is 0 Å². The third-order valence-corrected chi connectivity index (χ3v) is 3.41. The van der Waals surface area contributed by atoms with E-state index >= 15 is 0 Å². The predicted octanol–water partition coefficient (Wildman–Crippen LogP) is 1.47. The number of nitrogen functional groups attached to an aromatic ring is 1.